The molecule has 0 aliphatic carbocycles. The number of alkyl halides is 1. The molecule has 0 aliphatic rings. The minimum atomic E-state index is -0.958. The van der Waals surface area contributed by atoms with Gasteiger partial charge in [0.1, 0.15) is 0 Å². The molecule has 1 aromatic carbocycles. The summed E-state index contributed by atoms with van der Waals surface area (Å²) >= 11 is 5.62. The zero-order valence-electron chi connectivity index (χ0n) is 10.4. The Balaban J connectivity index is 2.82. The van der Waals surface area contributed by atoms with Crippen LogP contribution in [0.5, 0.6) is 0 Å². The summed E-state index contributed by atoms with van der Waals surface area (Å²) in [6, 6.07) is 3.81. The lowest BCUT2D eigenvalue weighted by Crippen LogP contribution is -2.39. The third kappa shape index (κ3) is 3.67. The highest BCUT2D eigenvalue weighted by molar-refractivity contribution is 6.18. The standard InChI is InChI=1S/C13H16ClF2NO/c1-9(2)17(7-6-14)12(18)8-10-4-3-5-11(15)13(10)16/h3-5,9H,6-8H2,1-2H3. The van der Waals surface area contributed by atoms with E-state index in [1.165, 1.54) is 12.1 Å². The van der Waals surface area contributed by atoms with Crippen LogP contribution in [0.15, 0.2) is 18.2 Å². The minimum Gasteiger partial charge on any atom is -0.339 e. The van der Waals surface area contributed by atoms with Crippen LogP contribution in [0.2, 0.25) is 0 Å². The molecule has 5 heteroatoms. The van der Waals surface area contributed by atoms with Crippen molar-refractivity contribution in [2.75, 3.05) is 12.4 Å². The van der Waals surface area contributed by atoms with Gasteiger partial charge in [-0.15, -0.1) is 11.6 Å². The van der Waals surface area contributed by atoms with Crippen molar-refractivity contribution in [1.82, 2.24) is 4.90 Å². The van der Waals surface area contributed by atoms with Gasteiger partial charge in [-0.05, 0) is 19.9 Å². The maximum atomic E-state index is 13.4. The van der Waals surface area contributed by atoms with Crippen molar-refractivity contribution in [3.05, 3.63) is 35.4 Å². The first kappa shape index (κ1) is 14.9. The number of amides is 1. The molecule has 0 heterocycles. The summed E-state index contributed by atoms with van der Waals surface area (Å²) in [6.07, 6.45) is -0.154. The van der Waals surface area contributed by atoms with Gasteiger partial charge in [0, 0.05) is 24.0 Å². The fourth-order valence-electron chi connectivity index (χ4n) is 1.71. The summed E-state index contributed by atoms with van der Waals surface area (Å²) in [7, 11) is 0. The van der Waals surface area contributed by atoms with Crippen LogP contribution in [0.25, 0.3) is 0 Å². The zero-order chi connectivity index (χ0) is 13.7. The predicted octanol–water partition coefficient (Wildman–Crippen LogP) is 2.98. The first-order valence-electron chi connectivity index (χ1n) is 5.75. The average molecular weight is 276 g/mol. The highest BCUT2D eigenvalue weighted by Crippen LogP contribution is 2.13. The molecule has 0 saturated carbocycles. The molecule has 18 heavy (non-hydrogen) atoms. The second kappa shape index (κ2) is 6.69. The van der Waals surface area contributed by atoms with E-state index in [9.17, 15) is 13.6 Å². The maximum absolute atomic E-state index is 13.4. The molecule has 1 amide bonds. The molecule has 1 aromatic rings. The molecule has 0 spiro atoms. The van der Waals surface area contributed by atoms with Crippen molar-refractivity contribution in [2.24, 2.45) is 0 Å². The van der Waals surface area contributed by atoms with Crippen LogP contribution in [0.3, 0.4) is 0 Å². The Kier molecular flexibility index (Phi) is 5.54. The number of rotatable bonds is 5. The van der Waals surface area contributed by atoms with Gasteiger partial charge >= 0.3 is 0 Å². The second-order valence-corrected chi connectivity index (χ2v) is 4.64. The summed E-state index contributed by atoms with van der Waals surface area (Å²) in [5, 5.41) is 0. The molecule has 0 radical (unpaired) electrons. The molecule has 1 rings (SSSR count). The first-order valence-corrected chi connectivity index (χ1v) is 6.29. The number of hydrogen-bond acceptors (Lipinski definition) is 1. The molecule has 0 aromatic heterocycles. The zero-order valence-corrected chi connectivity index (χ0v) is 11.2. The Morgan fingerprint density at radius 2 is 2.06 bits per heavy atom. The van der Waals surface area contributed by atoms with E-state index >= 15 is 0 Å². The summed E-state index contributed by atoms with van der Waals surface area (Å²) in [4.78, 5) is 13.5. The van der Waals surface area contributed by atoms with Crippen LogP contribution in [-0.2, 0) is 11.2 Å². The number of halogens is 3. The Hall–Kier alpha value is -1.16. The minimum absolute atomic E-state index is 0.0205. The van der Waals surface area contributed by atoms with Crippen molar-refractivity contribution < 1.29 is 13.6 Å². The van der Waals surface area contributed by atoms with E-state index in [0.29, 0.717) is 12.4 Å². The van der Waals surface area contributed by atoms with Crippen LogP contribution in [0.1, 0.15) is 19.4 Å². The van der Waals surface area contributed by atoms with Gasteiger partial charge in [-0.2, -0.15) is 0 Å². The Morgan fingerprint density at radius 1 is 1.39 bits per heavy atom. The third-order valence-corrected chi connectivity index (χ3v) is 2.81. The number of carbonyl (C=O) groups is 1. The summed E-state index contributed by atoms with van der Waals surface area (Å²) in [5.41, 5.74) is 0.0697. The molecule has 0 fully saturated rings. The molecule has 0 unspecified atom stereocenters. The van der Waals surface area contributed by atoms with Gasteiger partial charge in [-0.3, -0.25) is 4.79 Å². The Morgan fingerprint density at radius 3 is 2.61 bits per heavy atom. The van der Waals surface area contributed by atoms with Gasteiger partial charge in [0.15, 0.2) is 11.6 Å². The molecule has 0 saturated heterocycles. The van der Waals surface area contributed by atoms with Crippen LogP contribution in [0.4, 0.5) is 8.78 Å². The average Bonchev–Trinajstić information content (AvgIpc) is 2.31. The van der Waals surface area contributed by atoms with Crippen LogP contribution in [-0.4, -0.2) is 29.3 Å². The fourth-order valence-corrected chi connectivity index (χ4v) is 1.89. The van der Waals surface area contributed by atoms with Gasteiger partial charge in [0.05, 0.1) is 6.42 Å². The van der Waals surface area contributed by atoms with E-state index in [4.69, 9.17) is 11.6 Å². The van der Waals surface area contributed by atoms with Crippen molar-refractivity contribution >= 4 is 17.5 Å². The third-order valence-electron chi connectivity index (χ3n) is 2.64. The number of carbonyl (C=O) groups excluding carboxylic acids is 1. The molecule has 0 N–H and O–H groups in total. The van der Waals surface area contributed by atoms with Gasteiger partial charge < -0.3 is 4.90 Å². The molecule has 0 atom stereocenters. The maximum Gasteiger partial charge on any atom is 0.227 e. The Labute approximate surface area is 111 Å². The smallest absolute Gasteiger partial charge is 0.227 e. The van der Waals surface area contributed by atoms with E-state index in [1.54, 1.807) is 4.90 Å². The van der Waals surface area contributed by atoms with Crippen LogP contribution in [0, 0.1) is 11.6 Å². The summed E-state index contributed by atoms with van der Waals surface area (Å²) in [6.45, 7) is 4.10. The summed E-state index contributed by atoms with van der Waals surface area (Å²) in [5.74, 6) is -1.83. The molecule has 2 nitrogen and oxygen atoms in total. The molecule has 0 aliphatic heterocycles. The van der Waals surface area contributed by atoms with Crippen molar-refractivity contribution in [1.29, 1.82) is 0 Å². The highest BCUT2D eigenvalue weighted by Gasteiger charge is 2.19. The van der Waals surface area contributed by atoms with Crippen LogP contribution < -0.4 is 0 Å². The van der Waals surface area contributed by atoms with E-state index in [-0.39, 0.29) is 23.9 Å². The highest BCUT2D eigenvalue weighted by atomic mass is 35.5. The normalized spacial score (nSPS) is 10.8. The van der Waals surface area contributed by atoms with Crippen molar-refractivity contribution in [2.45, 2.75) is 26.3 Å². The molecule has 100 valence electrons. The molecular weight excluding hydrogens is 260 g/mol. The largest absolute Gasteiger partial charge is 0.339 e. The monoisotopic (exact) mass is 275 g/mol. The van der Waals surface area contributed by atoms with E-state index in [1.807, 2.05) is 13.8 Å². The van der Waals surface area contributed by atoms with Gasteiger partial charge in [0.25, 0.3) is 0 Å². The lowest BCUT2D eigenvalue weighted by Gasteiger charge is -2.26. The lowest BCUT2D eigenvalue weighted by atomic mass is 10.1. The molecule has 0 bridgehead atoms. The van der Waals surface area contributed by atoms with E-state index in [2.05, 4.69) is 0 Å². The lowest BCUT2D eigenvalue weighted by molar-refractivity contribution is -0.131. The van der Waals surface area contributed by atoms with Crippen molar-refractivity contribution in [3.8, 4) is 0 Å². The predicted molar refractivity (Wildman–Crippen MR) is 67.6 cm³/mol. The fraction of sp³-hybridized carbons (Fsp3) is 0.462. The summed E-state index contributed by atoms with van der Waals surface area (Å²) < 4.78 is 26.5. The quantitative estimate of drug-likeness (QED) is 0.757. The number of hydrogen-bond donors (Lipinski definition) is 0. The Bertz CT molecular complexity index is 423. The van der Waals surface area contributed by atoms with Crippen molar-refractivity contribution in [3.63, 3.8) is 0 Å². The van der Waals surface area contributed by atoms with Gasteiger partial charge in [-0.25, -0.2) is 8.78 Å². The van der Waals surface area contributed by atoms with E-state index in [0.717, 1.165) is 6.07 Å². The first-order chi connectivity index (χ1) is 8.47. The SMILES string of the molecule is CC(C)N(CCCl)C(=O)Cc1cccc(F)c1F. The van der Waals surface area contributed by atoms with Gasteiger partial charge in [0.2, 0.25) is 5.91 Å². The van der Waals surface area contributed by atoms with Crippen LogP contribution >= 0.6 is 11.6 Å². The number of benzene rings is 1. The number of nitrogens with zero attached hydrogens (tertiary/aromatic N) is 1. The van der Waals surface area contributed by atoms with Gasteiger partial charge in [-0.1, -0.05) is 12.1 Å². The molecular formula is C13H16ClF2NO. The van der Waals surface area contributed by atoms with E-state index < -0.39 is 11.6 Å². The topological polar surface area (TPSA) is 20.3 Å². The second-order valence-electron chi connectivity index (χ2n) is 4.26.